The summed E-state index contributed by atoms with van der Waals surface area (Å²) in [6.45, 7) is 2.01. The Labute approximate surface area is 87.7 Å². The predicted octanol–water partition coefficient (Wildman–Crippen LogP) is 2.44. The molecule has 14 heavy (non-hydrogen) atoms. The molecule has 1 atom stereocenters. The number of hydrogen-bond acceptors (Lipinski definition) is 3. The Kier molecular flexibility index (Phi) is 4.59. The van der Waals surface area contributed by atoms with E-state index in [2.05, 4.69) is 15.3 Å². The van der Waals surface area contributed by atoms with Crippen molar-refractivity contribution in [3.63, 3.8) is 0 Å². The largest absolute Gasteiger partial charge is 0.352 e. The summed E-state index contributed by atoms with van der Waals surface area (Å²) in [4.78, 5) is 7.59. The van der Waals surface area contributed by atoms with Crippen molar-refractivity contribution in [1.82, 2.24) is 9.97 Å². The van der Waals surface area contributed by atoms with E-state index in [1.165, 1.54) is 0 Å². The Morgan fingerprint density at radius 1 is 1.50 bits per heavy atom. The lowest BCUT2D eigenvalue weighted by Crippen LogP contribution is -2.17. The summed E-state index contributed by atoms with van der Waals surface area (Å²) in [7, 11) is 0. The quantitative estimate of drug-likeness (QED) is 0.770. The van der Waals surface area contributed by atoms with Gasteiger partial charge in [0.05, 0.1) is 12.4 Å². The summed E-state index contributed by atoms with van der Waals surface area (Å²) in [6, 6.07) is 0.249. The Balaban J connectivity index is 2.39. The highest BCUT2D eigenvalue weighted by atomic mass is 35.5. The molecule has 0 spiro atoms. The second-order valence-electron chi connectivity index (χ2n) is 3.10. The third-order valence-electron chi connectivity index (χ3n) is 1.77. The van der Waals surface area contributed by atoms with Crippen LogP contribution in [0.4, 0.5) is 10.3 Å². The molecule has 0 aliphatic carbocycles. The molecule has 1 aromatic heterocycles. The summed E-state index contributed by atoms with van der Waals surface area (Å²) in [5, 5.41) is 3.06. The highest BCUT2D eigenvalue weighted by molar-refractivity contribution is 6.17. The molecule has 0 aromatic carbocycles. The van der Waals surface area contributed by atoms with E-state index < -0.39 is 5.82 Å². The van der Waals surface area contributed by atoms with Crippen molar-refractivity contribution < 1.29 is 4.39 Å². The molecule has 1 aromatic rings. The van der Waals surface area contributed by atoms with Crippen LogP contribution in [0, 0.1) is 5.82 Å². The van der Waals surface area contributed by atoms with E-state index in [9.17, 15) is 4.39 Å². The van der Waals surface area contributed by atoms with Gasteiger partial charge in [0.15, 0.2) is 5.82 Å². The summed E-state index contributed by atoms with van der Waals surface area (Å²) in [6.07, 6.45) is 4.17. The first-order chi connectivity index (χ1) is 6.72. The van der Waals surface area contributed by atoms with Crippen LogP contribution in [0.3, 0.4) is 0 Å². The van der Waals surface area contributed by atoms with Crippen LogP contribution in [0.1, 0.15) is 19.8 Å². The van der Waals surface area contributed by atoms with Gasteiger partial charge in [0.25, 0.3) is 0 Å². The van der Waals surface area contributed by atoms with Crippen molar-refractivity contribution in [3.05, 3.63) is 18.2 Å². The third-order valence-corrected chi connectivity index (χ3v) is 2.03. The minimum atomic E-state index is -0.427. The molecule has 1 rings (SSSR count). The normalized spacial score (nSPS) is 12.5. The number of halogens is 2. The minimum absolute atomic E-state index is 0.249. The van der Waals surface area contributed by atoms with E-state index in [0.29, 0.717) is 11.8 Å². The number of aromatic nitrogens is 2. The maximum absolute atomic E-state index is 12.5. The molecule has 3 nitrogen and oxygen atoms in total. The van der Waals surface area contributed by atoms with E-state index in [1.807, 2.05) is 6.92 Å². The first kappa shape index (κ1) is 11.2. The van der Waals surface area contributed by atoms with Gasteiger partial charge in [-0.25, -0.2) is 14.4 Å². The van der Waals surface area contributed by atoms with E-state index in [4.69, 9.17) is 11.6 Å². The molecule has 0 aliphatic rings. The number of alkyl halides is 1. The van der Waals surface area contributed by atoms with Crippen LogP contribution in [0.2, 0.25) is 0 Å². The zero-order valence-electron chi connectivity index (χ0n) is 8.00. The number of nitrogens with zero attached hydrogens (tertiary/aromatic N) is 2. The van der Waals surface area contributed by atoms with Crippen molar-refractivity contribution in [2.45, 2.75) is 25.8 Å². The Bertz CT molecular complexity index is 265. The summed E-state index contributed by atoms with van der Waals surface area (Å²) < 4.78 is 12.5. The summed E-state index contributed by atoms with van der Waals surface area (Å²) in [5.74, 6) is 0.675. The third kappa shape index (κ3) is 3.87. The van der Waals surface area contributed by atoms with Crippen LogP contribution in [0.5, 0.6) is 0 Å². The van der Waals surface area contributed by atoms with Gasteiger partial charge in [-0.1, -0.05) is 0 Å². The second kappa shape index (κ2) is 5.75. The lowest BCUT2D eigenvalue weighted by Gasteiger charge is -2.12. The maximum atomic E-state index is 12.5. The maximum Gasteiger partial charge on any atom is 0.222 e. The molecule has 1 unspecified atom stereocenters. The SMILES string of the molecule is CC(CCCCl)Nc1ncc(F)cn1. The number of rotatable bonds is 5. The zero-order chi connectivity index (χ0) is 10.4. The first-order valence-corrected chi connectivity index (χ1v) is 5.06. The average Bonchev–Trinajstić information content (AvgIpc) is 2.18. The molecular weight excluding hydrogens is 205 g/mol. The van der Waals surface area contributed by atoms with Crippen LogP contribution in [0.25, 0.3) is 0 Å². The molecule has 0 saturated heterocycles. The molecule has 0 saturated carbocycles. The van der Waals surface area contributed by atoms with Gasteiger partial charge < -0.3 is 5.32 Å². The monoisotopic (exact) mass is 217 g/mol. The summed E-state index contributed by atoms with van der Waals surface area (Å²) >= 11 is 5.56. The molecular formula is C9H13ClFN3. The van der Waals surface area contributed by atoms with Gasteiger partial charge in [-0.2, -0.15) is 0 Å². The minimum Gasteiger partial charge on any atom is -0.352 e. The van der Waals surface area contributed by atoms with E-state index in [1.54, 1.807) is 0 Å². The average molecular weight is 218 g/mol. The standard InChI is InChI=1S/C9H13ClFN3/c1-7(3-2-4-10)14-9-12-5-8(11)6-13-9/h5-7H,2-4H2,1H3,(H,12,13,14). The van der Waals surface area contributed by atoms with Gasteiger partial charge in [-0.3, -0.25) is 0 Å². The van der Waals surface area contributed by atoms with Gasteiger partial charge in [0.2, 0.25) is 5.95 Å². The summed E-state index contributed by atoms with van der Waals surface area (Å²) in [5.41, 5.74) is 0. The van der Waals surface area contributed by atoms with E-state index in [0.717, 1.165) is 25.2 Å². The lowest BCUT2D eigenvalue weighted by atomic mass is 10.2. The number of anilines is 1. The smallest absolute Gasteiger partial charge is 0.222 e. The fourth-order valence-electron chi connectivity index (χ4n) is 1.06. The Morgan fingerprint density at radius 3 is 2.71 bits per heavy atom. The van der Waals surface area contributed by atoms with Gasteiger partial charge in [0.1, 0.15) is 0 Å². The van der Waals surface area contributed by atoms with Crippen LogP contribution < -0.4 is 5.32 Å². The second-order valence-corrected chi connectivity index (χ2v) is 3.48. The predicted molar refractivity (Wildman–Crippen MR) is 55.0 cm³/mol. The molecule has 0 amide bonds. The van der Waals surface area contributed by atoms with Crippen molar-refractivity contribution in [1.29, 1.82) is 0 Å². The van der Waals surface area contributed by atoms with Gasteiger partial charge in [-0.05, 0) is 19.8 Å². The fourth-order valence-corrected chi connectivity index (χ4v) is 1.22. The van der Waals surface area contributed by atoms with Crippen LogP contribution >= 0.6 is 11.6 Å². The highest BCUT2D eigenvalue weighted by Gasteiger charge is 2.03. The number of nitrogens with one attached hydrogen (secondary N) is 1. The van der Waals surface area contributed by atoms with Crippen molar-refractivity contribution in [2.75, 3.05) is 11.2 Å². The van der Waals surface area contributed by atoms with Gasteiger partial charge in [0, 0.05) is 11.9 Å². The van der Waals surface area contributed by atoms with Crippen LogP contribution in [0.15, 0.2) is 12.4 Å². The molecule has 0 fully saturated rings. The van der Waals surface area contributed by atoms with Crippen molar-refractivity contribution in [3.8, 4) is 0 Å². The molecule has 5 heteroatoms. The van der Waals surface area contributed by atoms with Crippen LogP contribution in [-0.2, 0) is 0 Å². The van der Waals surface area contributed by atoms with Crippen molar-refractivity contribution >= 4 is 17.5 Å². The number of hydrogen-bond donors (Lipinski definition) is 1. The first-order valence-electron chi connectivity index (χ1n) is 4.52. The molecule has 78 valence electrons. The van der Waals surface area contributed by atoms with Gasteiger partial charge in [-0.15, -0.1) is 11.6 Å². The Morgan fingerprint density at radius 2 is 2.14 bits per heavy atom. The topological polar surface area (TPSA) is 37.8 Å². The molecule has 0 bridgehead atoms. The fraction of sp³-hybridized carbons (Fsp3) is 0.556. The van der Waals surface area contributed by atoms with E-state index >= 15 is 0 Å². The van der Waals surface area contributed by atoms with Gasteiger partial charge >= 0.3 is 0 Å². The lowest BCUT2D eigenvalue weighted by molar-refractivity contribution is 0.612. The molecule has 1 heterocycles. The zero-order valence-corrected chi connectivity index (χ0v) is 8.76. The molecule has 0 radical (unpaired) electrons. The molecule has 0 aliphatic heterocycles. The Hall–Kier alpha value is -0.900. The van der Waals surface area contributed by atoms with E-state index in [-0.39, 0.29) is 6.04 Å². The van der Waals surface area contributed by atoms with Crippen molar-refractivity contribution in [2.24, 2.45) is 0 Å². The van der Waals surface area contributed by atoms with Crippen LogP contribution in [-0.4, -0.2) is 21.9 Å². The molecule has 1 N–H and O–H groups in total. The highest BCUT2D eigenvalue weighted by Crippen LogP contribution is 2.05.